The van der Waals surface area contributed by atoms with Crippen molar-refractivity contribution >= 4 is 39.9 Å². The number of aliphatic hydroxyl groups excluding tert-OH is 1. The lowest BCUT2D eigenvalue weighted by atomic mass is 9.95. The van der Waals surface area contributed by atoms with E-state index in [2.05, 4.69) is 18.5 Å². The van der Waals surface area contributed by atoms with E-state index in [0.717, 1.165) is 30.6 Å². The van der Waals surface area contributed by atoms with Gasteiger partial charge in [0.2, 0.25) is 0 Å². The molecule has 1 fully saturated rings. The largest absolute Gasteiger partial charge is 0.507 e. The quantitative estimate of drug-likeness (QED) is 0.0608. The number of carbonyl (C=O) groups excluding carboxylic acids is 3. The maximum atomic E-state index is 13.6. The summed E-state index contributed by atoms with van der Waals surface area (Å²) in [6, 6.07) is 12.7. The van der Waals surface area contributed by atoms with Gasteiger partial charge < -0.3 is 19.3 Å². The fraction of sp³-hybridized carbons (Fsp3) is 0.312. The van der Waals surface area contributed by atoms with E-state index in [1.165, 1.54) is 11.0 Å². The number of nitrogens with zero attached hydrogens (tertiary/aromatic N) is 2. The molecule has 3 aromatic rings. The summed E-state index contributed by atoms with van der Waals surface area (Å²) < 4.78 is 16.7. The van der Waals surface area contributed by atoms with E-state index in [1.54, 1.807) is 55.5 Å². The molecule has 1 N–H and O–H groups in total. The third-order valence-electron chi connectivity index (χ3n) is 6.50. The second-order valence-corrected chi connectivity index (χ2v) is 10.6. The molecule has 42 heavy (non-hydrogen) atoms. The number of esters is 1. The van der Waals surface area contributed by atoms with E-state index in [-0.39, 0.29) is 27.9 Å². The van der Waals surface area contributed by atoms with E-state index in [4.69, 9.17) is 14.2 Å². The molecular weight excluding hydrogens is 556 g/mol. The van der Waals surface area contributed by atoms with Gasteiger partial charge in [-0.1, -0.05) is 68.5 Å². The van der Waals surface area contributed by atoms with Crippen LogP contribution in [0.25, 0.3) is 5.76 Å². The summed E-state index contributed by atoms with van der Waals surface area (Å²) >= 11 is 0.941. The minimum Gasteiger partial charge on any atom is -0.507 e. The van der Waals surface area contributed by atoms with Crippen LogP contribution in [0.2, 0.25) is 0 Å². The zero-order valence-corrected chi connectivity index (χ0v) is 24.7. The Labute approximate surface area is 249 Å². The zero-order valence-electron chi connectivity index (χ0n) is 23.9. The summed E-state index contributed by atoms with van der Waals surface area (Å²) in [4.78, 5) is 45.6. The number of ketones is 1. The molecule has 0 radical (unpaired) electrons. The van der Waals surface area contributed by atoms with Crippen molar-refractivity contribution < 1.29 is 33.7 Å². The summed E-state index contributed by atoms with van der Waals surface area (Å²) in [5, 5.41) is 11.6. The number of hydrogen-bond acceptors (Lipinski definition) is 9. The Morgan fingerprint density at radius 3 is 2.50 bits per heavy atom. The Hall–Kier alpha value is -4.44. The fourth-order valence-corrected chi connectivity index (χ4v) is 5.40. The molecule has 1 amide bonds. The van der Waals surface area contributed by atoms with Gasteiger partial charge in [-0.2, -0.15) is 0 Å². The highest BCUT2D eigenvalue weighted by atomic mass is 32.1. The smallest absolute Gasteiger partial charge is 0.350 e. The number of benzene rings is 2. The van der Waals surface area contributed by atoms with Crippen LogP contribution in [0.3, 0.4) is 0 Å². The van der Waals surface area contributed by atoms with Crippen LogP contribution in [0, 0.1) is 6.92 Å². The van der Waals surface area contributed by atoms with Gasteiger partial charge in [0, 0.05) is 5.56 Å². The van der Waals surface area contributed by atoms with Crippen LogP contribution < -0.4 is 14.4 Å². The SMILES string of the molecule is C=CCOC(=O)c1sc(N2C(=O)C(=O)/C(=C(/O)c3cccc(OCCCC)c3)C2c2ccc(OCCC)cc2)nc1C. The summed E-state index contributed by atoms with van der Waals surface area (Å²) in [6.45, 7) is 10.3. The Balaban J connectivity index is 1.82. The molecule has 220 valence electrons. The van der Waals surface area contributed by atoms with Crippen LogP contribution in [-0.4, -0.2) is 47.6 Å². The fourth-order valence-electron chi connectivity index (χ4n) is 4.41. The van der Waals surface area contributed by atoms with Crippen molar-refractivity contribution in [1.82, 2.24) is 4.98 Å². The summed E-state index contributed by atoms with van der Waals surface area (Å²) in [5.74, 6) is -1.53. The molecule has 1 unspecified atom stereocenters. The number of unbranched alkanes of at least 4 members (excludes halogenated alkanes) is 1. The van der Waals surface area contributed by atoms with Gasteiger partial charge in [-0.05, 0) is 49.6 Å². The van der Waals surface area contributed by atoms with Gasteiger partial charge in [-0.3, -0.25) is 14.5 Å². The van der Waals surface area contributed by atoms with E-state index >= 15 is 0 Å². The van der Waals surface area contributed by atoms with Crippen LogP contribution >= 0.6 is 11.3 Å². The highest BCUT2D eigenvalue weighted by Gasteiger charge is 2.48. The molecule has 0 aliphatic carbocycles. The predicted octanol–water partition coefficient (Wildman–Crippen LogP) is 6.39. The maximum Gasteiger partial charge on any atom is 0.350 e. The van der Waals surface area contributed by atoms with E-state index in [0.29, 0.717) is 41.5 Å². The number of carbonyl (C=O) groups is 3. The standard InChI is InChI=1S/C32H34N2O7S/c1-5-8-18-40-24-11-9-10-22(19-24)27(35)25-26(21-12-14-23(15-13-21)39-16-6-2)34(30(37)28(25)36)32-33-20(4)29(42-32)31(38)41-17-7-3/h7,9-15,19,26,35H,3,5-6,8,16-18H2,1-2,4H3/b27-25+. The normalized spacial score (nSPS) is 16.0. The first kappa shape index (κ1) is 30.5. The van der Waals surface area contributed by atoms with Crippen molar-refractivity contribution in [2.24, 2.45) is 0 Å². The summed E-state index contributed by atoms with van der Waals surface area (Å²) in [5.41, 5.74) is 1.14. The van der Waals surface area contributed by atoms with E-state index in [9.17, 15) is 19.5 Å². The van der Waals surface area contributed by atoms with Crippen LogP contribution in [0.15, 0.2) is 66.8 Å². The molecule has 1 saturated heterocycles. The lowest BCUT2D eigenvalue weighted by Gasteiger charge is -2.23. The van der Waals surface area contributed by atoms with Crippen molar-refractivity contribution in [3.63, 3.8) is 0 Å². The van der Waals surface area contributed by atoms with Gasteiger partial charge in [0.15, 0.2) is 5.13 Å². The number of aliphatic hydroxyl groups is 1. The highest BCUT2D eigenvalue weighted by Crippen LogP contribution is 2.44. The molecular formula is C32H34N2O7S. The number of amides is 1. The van der Waals surface area contributed by atoms with Gasteiger partial charge in [0.05, 0.1) is 30.5 Å². The van der Waals surface area contributed by atoms with Gasteiger partial charge in [0.25, 0.3) is 5.78 Å². The number of rotatable bonds is 13. The first-order valence-electron chi connectivity index (χ1n) is 13.8. The zero-order chi connectivity index (χ0) is 30.2. The van der Waals surface area contributed by atoms with Crippen molar-refractivity contribution in [2.45, 2.75) is 46.1 Å². The topological polar surface area (TPSA) is 115 Å². The predicted molar refractivity (Wildman–Crippen MR) is 161 cm³/mol. The average Bonchev–Trinajstić information content (AvgIpc) is 3.51. The first-order chi connectivity index (χ1) is 20.3. The van der Waals surface area contributed by atoms with Gasteiger partial charge in [-0.15, -0.1) is 0 Å². The Kier molecular flexibility index (Phi) is 10.1. The second kappa shape index (κ2) is 14.0. The van der Waals surface area contributed by atoms with Crippen molar-refractivity contribution in [2.75, 3.05) is 24.7 Å². The van der Waals surface area contributed by atoms with Crippen molar-refractivity contribution in [3.8, 4) is 11.5 Å². The van der Waals surface area contributed by atoms with Crippen molar-refractivity contribution in [1.29, 1.82) is 0 Å². The molecule has 0 saturated carbocycles. The Bertz CT molecular complexity index is 1490. The maximum absolute atomic E-state index is 13.6. The highest BCUT2D eigenvalue weighted by molar-refractivity contribution is 7.17. The number of ether oxygens (including phenoxy) is 3. The minimum atomic E-state index is -1.02. The second-order valence-electron chi connectivity index (χ2n) is 9.61. The average molecular weight is 591 g/mol. The van der Waals surface area contributed by atoms with Crippen LogP contribution in [0.5, 0.6) is 11.5 Å². The van der Waals surface area contributed by atoms with E-state index in [1.807, 2.05) is 6.92 Å². The lowest BCUT2D eigenvalue weighted by molar-refractivity contribution is -0.132. The number of anilines is 1. The summed E-state index contributed by atoms with van der Waals surface area (Å²) in [7, 11) is 0. The first-order valence-corrected chi connectivity index (χ1v) is 14.6. The number of aryl methyl sites for hydroxylation is 1. The summed E-state index contributed by atoms with van der Waals surface area (Å²) in [6.07, 6.45) is 4.13. The van der Waals surface area contributed by atoms with Gasteiger partial charge >= 0.3 is 11.9 Å². The van der Waals surface area contributed by atoms with Gasteiger partial charge in [0.1, 0.15) is 28.7 Å². The lowest BCUT2D eigenvalue weighted by Crippen LogP contribution is -2.29. The third-order valence-corrected chi connectivity index (χ3v) is 7.63. The number of thiazole rings is 1. The molecule has 4 rings (SSSR count). The molecule has 1 atom stereocenters. The Morgan fingerprint density at radius 2 is 1.81 bits per heavy atom. The van der Waals surface area contributed by atoms with Gasteiger partial charge in [-0.25, -0.2) is 9.78 Å². The van der Waals surface area contributed by atoms with Crippen molar-refractivity contribution in [3.05, 3.63) is 88.5 Å². The molecule has 1 aromatic heterocycles. The molecule has 10 heteroatoms. The minimum absolute atomic E-state index is 0.0176. The van der Waals surface area contributed by atoms with Crippen LogP contribution in [0.1, 0.15) is 65.6 Å². The molecule has 0 bridgehead atoms. The third kappa shape index (κ3) is 6.54. The number of aromatic nitrogens is 1. The molecule has 2 aromatic carbocycles. The van der Waals surface area contributed by atoms with E-state index < -0.39 is 23.7 Å². The molecule has 1 aliphatic rings. The molecule has 9 nitrogen and oxygen atoms in total. The molecule has 2 heterocycles. The Morgan fingerprint density at radius 1 is 1.07 bits per heavy atom. The number of Topliss-reactive ketones (excluding diaryl/α,β-unsaturated/α-hetero) is 1. The van der Waals surface area contributed by atoms with Crippen LogP contribution in [-0.2, 0) is 14.3 Å². The van der Waals surface area contributed by atoms with Crippen LogP contribution in [0.4, 0.5) is 5.13 Å². The molecule has 1 aliphatic heterocycles. The number of hydrogen-bond donors (Lipinski definition) is 1. The monoisotopic (exact) mass is 590 g/mol. The molecule has 0 spiro atoms.